The van der Waals surface area contributed by atoms with E-state index in [4.69, 9.17) is 0 Å². The molecule has 2 heteroatoms. The van der Waals surface area contributed by atoms with Gasteiger partial charge in [-0.15, -0.1) is 11.3 Å². The molecule has 2 heterocycles. The van der Waals surface area contributed by atoms with Crippen molar-refractivity contribution in [3.05, 3.63) is 35.7 Å². The molecule has 0 atom stereocenters. The molecule has 0 aliphatic heterocycles. The van der Waals surface area contributed by atoms with Gasteiger partial charge in [-0.3, -0.25) is 0 Å². The SMILES string of the molecule is Cc1c2sc3ccccc3c2c(C(C)C)n1C. The Labute approximate surface area is 106 Å². The lowest BCUT2D eigenvalue weighted by Crippen LogP contribution is -2.00. The van der Waals surface area contributed by atoms with Crippen molar-refractivity contribution in [2.24, 2.45) is 7.05 Å². The van der Waals surface area contributed by atoms with Crippen LogP contribution in [-0.4, -0.2) is 4.57 Å². The molecule has 88 valence electrons. The van der Waals surface area contributed by atoms with E-state index in [0.29, 0.717) is 5.92 Å². The van der Waals surface area contributed by atoms with E-state index in [2.05, 4.69) is 56.7 Å². The van der Waals surface area contributed by atoms with Crippen LogP contribution in [-0.2, 0) is 7.05 Å². The predicted octanol–water partition coefficient (Wildman–Crippen LogP) is 4.82. The molecule has 0 spiro atoms. The predicted molar refractivity (Wildman–Crippen MR) is 77.1 cm³/mol. The maximum Gasteiger partial charge on any atom is 0.0564 e. The Bertz CT molecular complexity index is 700. The Morgan fingerprint density at radius 2 is 1.88 bits per heavy atom. The van der Waals surface area contributed by atoms with Crippen molar-refractivity contribution >= 4 is 31.5 Å². The lowest BCUT2D eigenvalue weighted by molar-refractivity contribution is 0.734. The van der Waals surface area contributed by atoms with Crippen molar-refractivity contribution in [3.8, 4) is 0 Å². The summed E-state index contributed by atoms with van der Waals surface area (Å²) in [6.45, 7) is 6.78. The van der Waals surface area contributed by atoms with Crippen LogP contribution in [0.1, 0.15) is 31.2 Å². The van der Waals surface area contributed by atoms with Crippen molar-refractivity contribution in [2.45, 2.75) is 26.7 Å². The van der Waals surface area contributed by atoms with Crippen molar-refractivity contribution in [3.63, 3.8) is 0 Å². The summed E-state index contributed by atoms with van der Waals surface area (Å²) in [7, 11) is 2.19. The minimum absolute atomic E-state index is 0.564. The smallest absolute Gasteiger partial charge is 0.0564 e. The van der Waals surface area contributed by atoms with Gasteiger partial charge in [0.15, 0.2) is 0 Å². The van der Waals surface area contributed by atoms with Gasteiger partial charge >= 0.3 is 0 Å². The number of rotatable bonds is 1. The summed E-state index contributed by atoms with van der Waals surface area (Å²) in [5.41, 5.74) is 2.86. The van der Waals surface area contributed by atoms with Gasteiger partial charge in [0.05, 0.1) is 4.70 Å². The minimum Gasteiger partial charge on any atom is -0.350 e. The lowest BCUT2D eigenvalue weighted by Gasteiger charge is -2.09. The summed E-state index contributed by atoms with van der Waals surface area (Å²) in [5.74, 6) is 0.564. The van der Waals surface area contributed by atoms with Crippen LogP contribution in [0.4, 0.5) is 0 Å². The number of hydrogen-bond acceptors (Lipinski definition) is 1. The Hall–Kier alpha value is -1.28. The zero-order valence-electron chi connectivity index (χ0n) is 10.7. The average Bonchev–Trinajstić information content (AvgIpc) is 2.77. The summed E-state index contributed by atoms with van der Waals surface area (Å²) in [5, 5.41) is 2.89. The first kappa shape index (κ1) is 10.8. The van der Waals surface area contributed by atoms with Crippen LogP contribution in [0, 0.1) is 6.92 Å². The number of nitrogens with zero attached hydrogens (tertiary/aromatic N) is 1. The molecule has 0 saturated carbocycles. The summed E-state index contributed by atoms with van der Waals surface area (Å²) in [6.07, 6.45) is 0. The molecule has 0 unspecified atom stereocenters. The maximum atomic E-state index is 2.36. The number of hydrogen-bond donors (Lipinski definition) is 0. The molecule has 3 rings (SSSR count). The van der Waals surface area contributed by atoms with E-state index in [9.17, 15) is 0 Å². The van der Waals surface area contributed by atoms with Gasteiger partial charge in [0.2, 0.25) is 0 Å². The summed E-state index contributed by atoms with van der Waals surface area (Å²) < 4.78 is 5.22. The van der Waals surface area contributed by atoms with Crippen molar-refractivity contribution in [2.75, 3.05) is 0 Å². The first-order chi connectivity index (χ1) is 8.11. The molecule has 0 saturated heterocycles. The Kier molecular flexibility index (Phi) is 2.30. The molecular weight excluding hydrogens is 226 g/mol. The van der Waals surface area contributed by atoms with Crippen molar-refractivity contribution in [1.82, 2.24) is 4.57 Å². The molecule has 0 bridgehead atoms. The van der Waals surface area contributed by atoms with Crippen LogP contribution < -0.4 is 0 Å². The van der Waals surface area contributed by atoms with E-state index in [1.807, 2.05) is 11.3 Å². The number of fused-ring (bicyclic) bond motifs is 3. The standard InChI is InChI=1S/C15H17NS/c1-9(2)14-13-11-7-5-6-8-12(11)17-15(13)10(3)16(14)4/h5-9H,1-4H3. The highest BCUT2D eigenvalue weighted by Gasteiger charge is 2.18. The Morgan fingerprint density at radius 3 is 2.59 bits per heavy atom. The van der Waals surface area contributed by atoms with Gasteiger partial charge in [-0.2, -0.15) is 0 Å². The van der Waals surface area contributed by atoms with E-state index in [1.54, 1.807) is 0 Å². The van der Waals surface area contributed by atoms with E-state index in [0.717, 1.165) is 0 Å². The minimum atomic E-state index is 0.564. The molecule has 0 N–H and O–H groups in total. The highest BCUT2D eigenvalue weighted by molar-refractivity contribution is 7.26. The topological polar surface area (TPSA) is 4.93 Å². The van der Waals surface area contributed by atoms with Gasteiger partial charge < -0.3 is 4.57 Å². The van der Waals surface area contributed by atoms with Crippen LogP contribution >= 0.6 is 11.3 Å². The van der Waals surface area contributed by atoms with Crippen LogP contribution in [0.15, 0.2) is 24.3 Å². The fourth-order valence-corrected chi connectivity index (χ4v) is 3.98. The third-order valence-corrected chi connectivity index (χ3v) is 4.87. The van der Waals surface area contributed by atoms with Crippen LogP contribution in [0.25, 0.3) is 20.2 Å². The molecule has 0 radical (unpaired) electrons. The van der Waals surface area contributed by atoms with Crippen LogP contribution in [0.2, 0.25) is 0 Å². The van der Waals surface area contributed by atoms with Crippen LogP contribution in [0.5, 0.6) is 0 Å². The molecule has 1 aromatic carbocycles. The van der Waals surface area contributed by atoms with E-state index < -0.39 is 0 Å². The molecule has 3 aromatic rings. The van der Waals surface area contributed by atoms with Crippen LogP contribution in [0.3, 0.4) is 0 Å². The summed E-state index contributed by atoms with van der Waals surface area (Å²) in [6, 6.07) is 8.74. The maximum absolute atomic E-state index is 2.36. The zero-order chi connectivity index (χ0) is 12.2. The third kappa shape index (κ3) is 1.37. The molecule has 1 nitrogen and oxygen atoms in total. The van der Waals surface area contributed by atoms with Gasteiger partial charge in [-0.05, 0) is 18.9 Å². The van der Waals surface area contributed by atoms with Gasteiger partial charge in [0, 0.05) is 33.9 Å². The number of aryl methyl sites for hydroxylation is 1. The fraction of sp³-hybridized carbons (Fsp3) is 0.333. The summed E-state index contributed by atoms with van der Waals surface area (Å²) >= 11 is 1.92. The number of aromatic nitrogens is 1. The highest BCUT2D eigenvalue weighted by Crippen LogP contribution is 2.41. The molecule has 0 aliphatic rings. The van der Waals surface area contributed by atoms with Gasteiger partial charge in [-0.25, -0.2) is 0 Å². The second-order valence-corrected chi connectivity index (χ2v) is 6.04. The molecule has 0 fully saturated rings. The lowest BCUT2D eigenvalue weighted by atomic mass is 10.1. The third-order valence-electron chi connectivity index (χ3n) is 3.59. The zero-order valence-corrected chi connectivity index (χ0v) is 11.6. The van der Waals surface area contributed by atoms with E-state index in [-0.39, 0.29) is 0 Å². The molecule has 0 aliphatic carbocycles. The first-order valence-corrected chi connectivity index (χ1v) is 6.89. The summed E-state index contributed by atoms with van der Waals surface area (Å²) in [4.78, 5) is 0. The largest absolute Gasteiger partial charge is 0.350 e. The van der Waals surface area contributed by atoms with Gasteiger partial charge in [-0.1, -0.05) is 32.0 Å². The fourth-order valence-electron chi connectivity index (χ4n) is 2.73. The van der Waals surface area contributed by atoms with Crippen molar-refractivity contribution < 1.29 is 0 Å². The average molecular weight is 243 g/mol. The second kappa shape index (κ2) is 3.61. The first-order valence-electron chi connectivity index (χ1n) is 6.07. The molecular formula is C15H17NS. The second-order valence-electron chi connectivity index (χ2n) is 4.99. The molecule has 2 aromatic heterocycles. The molecule has 0 amide bonds. The van der Waals surface area contributed by atoms with Gasteiger partial charge in [0.1, 0.15) is 0 Å². The van der Waals surface area contributed by atoms with Crippen molar-refractivity contribution in [1.29, 1.82) is 0 Å². The van der Waals surface area contributed by atoms with E-state index in [1.165, 1.54) is 31.6 Å². The normalized spacial score (nSPS) is 12.1. The Morgan fingerprint density at radius 1 is 1.18 bits per heavy atom. The molecule has 17 heavy (non-hydrogen) atoms. The Balaban J connectivity index is 2.57. The van der Waals surface area contributed by atoms with E-state index >= 15 is 0 Å². The van der Waals surface area contributed by atoms with Gasteiger partial charge in [0.25, 0.3) is 0 Å². The number of benzene rings is 1. The number of thiophene rings is 1. The monoisotopic (exact) mass is 243 g/mol. The quantitative estimate of drug-likeness (QED) is 0.577. The highest BCUT2D eigenvalue weighted by atomic mass is 32.1.